The molecule has 0 unspecified atom stereocenters. The summed E-state index contributed by atoms with van der Waals surface area (Å²) in [4.78, 5) is 27.0. The lowest BCUT2D eigenvalue weighted by Gasteiger charge is -2.14. The predicted octanol–water partition coefficient (Wildman–Crippen LogP) is 5.90. The number of fused-ring (bicyclic) bond motifs is 1. The number of esters is 1. The zero-order valence-corrected chi connectivity index (χ0v) is 24.0. The number of carbonyl (C=O) groups excluding carboxylic acids is 2. The number of anilines is 1. The van der Waals surface area contributed by atoms with Crippen LogP contribution < -0.4 is 10.1 Å². The quantitative estimate of drug-likeness (QED) is 0.179. The Kier molecular flexibility index (Phi) is 9.27. The van der Waals surface area contributed by atoms with Crippen molar-refractivity contribution in [3.63, 3.8) is 0 Å². The standard InChI is InChI=1S/C28H34N4O4S2/c1-6-14-32-23(15-35-21-12-9-10-18(4)19(21)5)30-31-28(32)37-16-24(33)29-26-25(27(34)36-17(2)3)20-11-7-8-13-22(20)38-26/h6,9-10,12,17H,1,7-8,11,13-16H2,2-5H3,(H,29,33). The molecule has 2 aromatic heterocycles. The summed E-state index contributed by atoms with van der Waals surface area (Å²) >= 11 is 2.77. The predicted molar refractivity (Wildman–Crippen MR) is 151 cm³/mol. The number of thiophene rings is 1. The highest BCUT2D eigenvalue weighted by Gasteiger charge is 2.28. The van der Waals surface area contributed by atoms with Crippen molar-refractivity contribution in [2.24, 2.45) is 0 Å². The molecule has 2 heterocycles. The fraction of sp³-hybridized carbons (Fsp3) is 0.429. The molecule has 1 aromatic carbocycles. The molecule has 1 amide bonds. The molecule has 38 heavy (non-hydrogen) atoms. The van der Waals surface area contributed by atoms with E-state index in [0.717, 1.165) is 53.0 Å². The van der Waals surface area contributed by atoms with Crippen LogP contribution in [0.4, 0.5) is 5.00 Å². The number of aryl methyl sites for hydroxylation is 2. The minimum absolute atomic E-state index is 0.119. The fourth-order valence-electron chi connectivity index (χ4n) is 4.30. The van der Waals surface area contributed by atoms with E-state index in [1.807, 2.05) is 50.5 Å². The lowest BCUT2D eigenvalue weighted by molar-refractivity contribution is -0.113. The van der Waals surface area contributed by atoms with Crippen molar-refractivity contribution >= 4 is 40.0 Å². The Morgan fingerprint density at radius 3 is 2.79 bits per heavy atom. The monoisotopic (exact) mass is 554 g/mol. The average Bonchev–Trinajstić information content (AvgIpc) is 3.43. The molecule has 1 aliphatic carbocycles. The molecule has 10 heteroatoms. The highest BCUT2D eigenvalue weighted by molar-refractivity contribution is 7.99. The van der Waals surface area contributed by atoms with Crippen LogP contribution in [0.25, 0.3) is 0 Å². The molecule has 1 N–H and O–H groups in total. The lowest BCUT2D eigenvalue weighted by atomic mass is 9.95. The second kappa shape index (κ2) is 12.6. The van der Waals surface area contributed by atoms with E-state index in [4.69, 9.17) is 9.47 Å². The van der Waals surface area contributed by atoms with Gasteiger partial charge in [0.2, 0.25) is 5.91 Å². The van der Waals surface area contributed by atoms with Crippen LogP contribution in [-0.4, -0.2) is 38.5 Å². The van der Waals surface area contributed by atoms with E-state index in [2.05, 4.69) is 22.1 Å². The second-order valence-corrected chi connectivity index (χ2v) is 11.5. The summed E-state index contributed by atoms with van der Waals surface area (Å²) < 4.78 is 13.4. The Balaban J connectivity index is 1.44. The molecule has 0 saturated heterocycles. The summed E-state index contributed by atoms with van der Waals surface area (Å²) in [6.07, 6.45) is 5.40. The van der Waals surface area contributed by atoms with Crippen molar-refractivity contribution < 1.29 is 19.1 Å². The summed E-state index contributed by atoms with van der Waals surface area (Å²) in [5.74, 6) is 0.986. The van der Waals surface area contributed by atoms with E-state index < -0.39 is 0 Å². The first-order valence-electron chi connectivity index (χ1n) is 12.8. The number of nitrogens with one attached hydrogen (secondary N) is 1. The van der Waals surface area contributed by atoms with Gasteiger partial charge < -0.3 is 14.8 Å². The van der Waals surface area contributed by atoms with Crippen LogP contribution in [-0.2, 0) is 35.5 Å². The number of allylic oxidation sites excluding steroid dienone is 1. The van der Waals surface area contributed by atoms with Crippen molar-refractivity contribution in [1.82, 2.24) is 14.8 Å². The van der Waals surface area contributed by atoms with Gasteiger partial charge in [-0.2, -0.15) is 0 Å². The maximum atomic E-state index is 13.0. The SMILES string of the molecule is C=CCn1c(COc2cccc(C)c2C)nnc1SCC(=O)Nc1sc2c(c1C(=O)OC(C)C)CCCC2. The van der Waals surface area contributed by atoms with E-state index in [1.165, 1.54) is 23.1 Å². The molecular weight excluding hydrogens is 520 g/mol. The van der Waals surface area contributed by atoms with Gasteiger partial charge in [-0.25, -0.2) is 4.79 Å². The van der Waals surface area contributed by atoms with E-state index >= 15 is 0 Å². The van der Waals surface area contributed by atoms with Crippen LogP contribution in [0.1, 0.15) is 64.4 Å². The van der Waals surface area contributed by atoms with Crippen LogP contribution in [0.2, 0.25) is 0 Å². The molecule has 0 spiro atoms. The molecule has 0 atom stereocenters. The zero-order chi connectivity index (χ0) is 27.2. The van der Waals surface area contributed by atoms with Gasteiger partial charge in [-0.1, -0.05) is 30.0 Å². The number of carbonyl (C=O) groups is 2. The normalized spacial score (nSPS) is 12.8. The fourth-order valence-corrected chi connectivity index (χ4v) is 6.36. The number of ether oxygens (including phenoxy) is 2. The summed E-state index contributed by atoms with van der Waals surface area (Å²) in [5, 5.41) is 12.7. The van der Waals surface area contributed by atoms with Crippen molar-refractivity contribution in [3.05, 3.63) is 63.8 Å². The maximum absolute atomic E-state index is 13.0. The van der Waals surface area contributed by atoms with E-state index in [0.29, 0.717) is 28.1 Å². The van der Waals surface area contributed by atoms with Crippen molar-refractivity contribution in [2.45, 2.75) is 77.8 Å². The summed E-state index contributed by atoms with van der Waals surface area (Å²) in [6, 6.07) is 5.94. The number of aromatic nitrogens is 3. The molecule has 4 rings (SSSR count). The smallest absolute Gasteiger partial charge is 0.341 e. The van der Waals surface area contributed by atoms with Gasteiger partial charge >= 0.3 is 5.97 Å². The molecule has 3 aromatic rings. The molecule has 1 aliphatic rings. The molecule has 0 bridgehead atoms. The maximum Gasteiger partial charge on any atom is 0.341 e. The number of rotatable bonds is 11. The van der Waals surface area contributed by atoms with Gasteiger partial charge in [-0.3, -0.25) is 9.36 Å². The van der Waals surface area contributed by atoms with Crippen LogP contribution >= 0.6 is 23.1 Å². The highest BCUT2D eigenvalue weighted by Crippen LogP contribution is 2.39. The van der Waals surface area contributed by atoms with Crippen LogP contribution in [0, 0.1) is 13.8 Å². The third kappa shape index (κ3) is 6.47. The summed E-state index contributed by atoms with van der Waals surface area (Å²) in [7, 11) is 0. The van der Waals surface area contributed by atoms with Crippen molar-refractivity contribution in [3.8, 4) is 5.75 Å². The molecule has 202 valence electrons. The number of amides is 1. The van der Waals surface area contributed by atoms with E-state index in [1.54, 1.807) is 6.08 Å². The second-order valence-electron chi connectivity index (χ2n) is 9.49. The first kappa shape index (κ1) is 27.9. The van der Waals surface area contributed by atoms with Crippen LogP contribution in [0.5, 0.6) is 5.75 Å². The largest absolute Gasteiger partial charge is 0.485 e. The van der Waals surface area contributed by atoms with Crippen molar-refractivity contribution in [1.29, 1.82) is 0 Å². The van der Waals surface area contributed by atoms with E-state index in [-0.39, 0.29) is 30.3 Å². The Morgan fingerprint density at radius 2 is 2.03 bits per heavy atom. The van der Waals surface area contributed by atoms with Gasteiger partial charge in [-0.15, -0.1) is 28.1 Å². The van der Waals surface area contributed by atoms with Gasteiger partial charge in [0.05, 0.1) is 17.4 Å². The van der Waals surface area contributed by atoms with E-state index in [9.17, 15) is 9.59 Å². The lowest BCUT2D eigenvalue weighted by Crippen LogP contribution is -2.19. The third-order valence-electron chi connectivity index (χ3n) is 6.32. The number of hydrogen-bond donors (Lipinski definition) is 1. The van der Waals surface area contributed by atoms with Crippen LogP contribution in [0.15, 0.2) is 36.0 Å². The molecular formula is C28H34N4O4S2. The molecule has 0 aliphatic heterocycles. The number of thioether (sulfide) groups is 1. The zero-order valence-electron chi connectivity index (χ0n) is 22.3. The number of hydrogen-bond acceptors (Lipinski definition) is 8. The van der Waals surface area contributed by atoms with Crippen LogP contribution in [0.3, 0.4) is 0 Å². The topological polar surface area (TPSA) is 95.3 Å². The molecule has 8 nitrogen and oxygen atoms in total. The molecule has 0 fully saturated rings. The van der Waals surface area contributed by atoms with Crippen molar-refractivity contribution in [2.75, 3.05) is 11.1 Å². The Bertz CT molecular complexity index is 1330. The minimum atomic E-state index is -0.374. The highest BCUT2D eigenvalue weighted by atomic mass is 32.2. The van der Waals surface area contributed by atoms with Gasteiger partial charge in [-0.05, 0) is 76.1 Å². The van der Waals surface area contributed by atoms with Gasteiger partial charge in [0.15, 0.2) is 11.0 Å². The summed E-state index contributed by atoms with van der Waals surface area (Å²) in [6.45, 7) is 12.3. The Morgan fingerprint density at radius 1 is 1.24 bits per heavy atom. The number of benzene rings is 1. The first-order valence-corrected chi connectivity index (χ1v) is 14.6. The average molecular weight is 555 g/mol. The Hall–Kier alpha value is -3.11. The molecule has 0 radical (unpaired) electrons. The van der Waals surface area contributed by atoms with Gasteiger partial charge in [0, 0.05) is 11.4 Å². The Labute approximate surface area is 231 Å². The van der Waals surface area contributed by atoms with Gasteiger partial charge in [0.25, 0.3) is 0 Å². The molecule has 0 saturated carbocycles. The first-order chi connectivity index (χ1) is 18.3. The minimum Gasteiger partial charge on any atom is -0.485 e. The third-order valence-corrected chi connectivity index (χ3v) is 8.49. The summed E-state index contributed by atoms with van der Waals surface area (Å²) in [5.41, 5.74) is 3.77. The van der Waals surface area contributed by atoms with Gasteiger partial charge in [0.1, 0.15) is 17.4 Å². The number of nitrogens with zero attached hydrogens (tertiary/aromatic N) is 3.